The van der Waals surface area contributed by atoms with Gasteiger partial charge in [-0.25, -0.2) is 4.79 Å². The van der Waals surface area contributed by atoms with Gasteiger partial charge in [-0.1, -0.05) is 13.8 Å². The third kappa shape index (κ3) is 5.83. The van der Waals surface area contributed by atoms with Crippen molar-refractivity contribution < 1.29 is 14.3 Å². The normalized spacial score (nSPS) is 20.8. The van der Waals surface area contributed by atoms with E-state index in [0.29, 0.717) is 12.1 Å². The van der Waals surface area contributed by atoms with Gasteiger partial charge in [-0.2, -0.15) is 0 Å². The Bertz CT molecular complexity index is 504. The van der Waals surface area contributed by atoms with Crippen LogP contribution in [0, 0.1) is 5.92 Å². The van der Waals surface area contributed by atoms with Gasteiger partial charge < -0.3 is 19.4 Å². The molecule has 162 valence electrons. The van der Waals surface area contributed by atoms with Gasteiger partial charge in [0.25, 0.3) is 0 Å². The number of likely N-dealkylation sites (tertiary alicyclic amines) is 1. The first-order valence-electron chi connectivity index (χ1n) is 10.9. The van der Waals surface area contributed by atoms with Crippen LogP contribution in [0.25, 0.3) is 0 Å². The van der Waals surface area contributed by atoms with Crippen molar-refractivity contribution in [3.05, 3.63) is 0 Å². The Kier molecular flexibility index (Phi) is 9.02. The monoisotopic (exact) mass is 396 g/mol. The lowest BCUT2D eigenvalue weighted by molar-refractivity contribution is -0.134. The smallest absolute Gasteiger partial charge is 0.319 e. The Hall–Kier alpha value is -1.34. The van der Waals surface area contributed by atoms with E-state index in [1.54, 1.807) is 4.90 Å². The van der Waals surface area contributed by atoms with E-state index in [1.165, 1.54) is 0 Å². The average Bonchev–Trinajstić information content (AvgIpc) is 3.18. The molecule has 28 heavy (non-hydrogen) atoms. The zero-order valence-electron chi connectivity index (χ0n) is 18.5. The summed E-state index contributed by atoms with van der Waals surface area (Å²) in [5.41, 5.74) is 0. The van der Waals surface area contributed by atoms with E-state index in [-0.39, 0.29) is 17.9 Å². The van der Waals surface area contributed by atoms with Gasteiger partial charge in [-0.15, -0.1) is 0 Å². The van der Waals surface area contributed by atoms with E-state index in [2.05, 4.69) is 18.7 Å². The maximum Gasteiger partial charge on any atom is 0.319 e. The average molecular weight is 397 g/mol. The van der Waals surface area contributed by atoms with E-state index < -0.39 is 0 Å². The maximum absolute atomic E-state index is 12.7. The second-order valence-electron chi connectivity index (χ2n) is 8.42. The number of rotatable bonds is 8. The summed E-state index contributed by atoms with van der Waals surface area (Å²) in [4.78, 5) is 33.1. The first-order valence-corrected chi connectivity index (χ1v) is 10.9. The van der Waals surface area contributed by atoms with Gasteiger partial charge in [0, 0.05) is 78.5 Å². The fourth-order valence-corrected chi connectivity index (χ4v) is 4.47. The highest BCUT2D eigenvalue weighted by molar-refractivity contribution is 5.78. The highest BCUT2D eigenvalue weighted by Crippen LogP contribution is 2.24. The number of carbonyl (C=O) groups excluding carboxylic acids is 2. The first-order chi connectivity index (χ1) is 13.4. The Balaban J connectivity index is 2.00. The van der Waals surface area contributed by atoms with Crippen LogP contribution in [-0.2, 0) is 9.53 Å². The molecule has 2 fully saturated rings. The van der Waals surface area contributed by atoms with Gasteiger partial charge in [0.05, 0.1) is 0 Å². The Morgan fingerprint density at radius 3 is 2.21 bits per heavy atom. The summed E-state index contributed by atoms with van der Waals surface area (Å²) in [5, 5.41) is 0. The molecular formula is C21H40N4O3. The van der Waals surface area contributed by atoms with Crippen molar-refractivity contribution in [2.75, 3.05) is 60.5 Å². The van der Waals surface area contributed by atoms with Gasteiger partial charge >= 0.3 is 6.03 Å². The minimum absolute atomic E-state index is 0.0930. The van der Waals surface area contributed by atoms with Gasteiger partial charge in [0.2, 0.25) is 5.91 Å². The molecule has 2 rings (SSSR count). The number of amides is 3. The molecule has 2 aliphatic rings. The van der Waals surface area contributed by atoms with E-state index in [0.717, 1.165) is 71.5 Å². The molecule has 0 radical (unpaired) electrons. The van der Waals surface area contributed by atoms with Crippen molar-refractivity contribution in [1.82, 2.24) is 19.6 Å². The molecule has 0 spiro atoms. The van der Waals surface area contributed by atoms with Gasteiger partial charge in [0.15, 0.2) is 0 Å². The zero-order chi connectivity index (χ0) is 20.7. The van der Waals surface area contributed by atoms with Crippen LogP contribution in [0.4, 0.5) is 4.79 Å². The highest BCUT2D eigenvalue weighted by atomic mass is 16.5. The third-order valence-corrected chi connectivity index (χ3v) is 6.35. The highest BCUT2D eigenvalue weighted by Gasteiger charge is 2.35. The van der Waals surface area contributed by atoms with E-state index >= 15 is 0 Å². The maximum atomic E-state index is 12.7. The lowest BCUT2D eigenvalue weighted by atomic mass is 10.0. The van der Waals surface area contributed by atoms with Crippen LogP contribution in [0.15, 0.2) is 0 Å². The van der Waals surface area contributed by atoms with Gasteiger partial charge in [-0.05, 0) is 32.1 Å². The van der Waals surface area contributed by atoms with Crippen molar-refractivity contribution in [3.8, 4) is 0 Å². The van der Waals surface area contributed by atoms with Crippen LogP contribution in [-0.4, -0.2) is 104 Å². The predicted molar refractivity (Wildman–Crippen MR) is 111 cm³/mol. The number of hydrogen-bond donors (Lipinski definition) is 0. The molecule has 2 aliphatic heterocycles. The van der Waals surface area contributed by atoms with E-state index in [1.807, 2.05) is 30.9 Å². The lowest BCUT2D eigenvalue weighted by Crippen LogP contribution is -2.51. The second kappa shape index (κ2) is 11.0. The largest absolute Gasteiger partial charge is 0.381 e. The third-order valence-electron chi connectivity index (χ3n) is 6.35. The van der Waals surface area contributed by atoms with Crippen molar-refractivity contribution in [1.29, 1.82) is 0 Å². The molecule has 2 saturated heterocycles. The minimum Gasteiger partial charge on any atom is -0.381 e. The second-order valence-corrected chi connectivity index (χ2v) is 8.42. The van der Waals surface area contributed by atoms with Gasteiger partial charge in [-0.3, -0.25) is 9.69 Å². The van der Waals surface area contributed by atoms with E-state index in [4.69, 9.17) is 4.74 Å². The van der Waals surface area contributed by atoms with Crippen molar-refractivity contribution >= 4 is 11.9 Å². The number of ether oxygens (including phenoxy) is 1. The Labute approximate surface area is 171 Å². The summed E-state index contributed by atoms with van der Waals surface area (Å²) in [7, 11) is 5.55. The fourth-order valence-electron chi connectivity index (χ4n) is 4.47. The zero-order valence-corrected chi connectivity index (χ0v) is 18.5. The lowest BCUT2D eigenvalue weighted by Gasteiger charge is -2.39. The molecule has 0 saturated carbocycles. The number of carbonyl (C=O) groups is 2. The SMILES string of the molecule is CCC(CC)C(=O)N(C)CCN(C1CCOCC1)C1CCN(C(=O)N(C)C)C1. The molecule has 7 nitrogen and oxygen atoms in total. The molecule has 0 N–H and O–H groups in total. The van der Waals surface area contributed by atoms with Crippen LogP contribution >= 0.6 is 0 Å². The van der Waals surface area contributed by atoms with Crippen molar-refractivity contribution in [2.24, 2.45) is 5.92 Å². The molecule has 0 aromatic rings. The molecular weight excluding hydrogens is 356 g/mol. The summed E-state index contributed by atoms with van der Waals surface area (Å²) in [6, 6.07) is 0.934. The topological polar surface area (TPSA) is 56.3 Å². The number of urea groups is 1. The molecule has 1 unspecified atom stereocenters. The van der Waals surface area contributed by atoms with E-state index in [9.17, 15) is 9.59 Å². The molecule has 1 atom stereocenters. The minimum atomic E-state index is 0.0930. The number of likely N-dealkylation sites (N-methyl/N-ethyl adjacent to an activating group) is 1. The molecule has 7 heteroatoms. The van der Waals surface area contributed by atoms with Crippen LogP contribution in [0.5, 0.6) is 0 Å². The summed E-state index contributed by atoms with van der Waals surface area (Å²) >= 11 is 0. The number of hydrogen-bond acceptors (Lipinski definition) is 4. The molecule has 2 heterocycles. The molecule has 0 bridgehead atoms. The predicted octanol–water partition coefficient (Wildman–Crippen LogP) is 2.12. The molecule has 0 aromatic carbocycles. The van der Waals surface area contributed by atoms with Gasteiger partial charge in [0.1, 0.15) is 0 Å². The van der Waals surface area contributed by atoms with Crippen LogP contribution in [0.2, 0.25) is 0 Å². The summed E-state index contributed by atoms with van der Waals surface area (Å²) in [6.07, 6.45) is 4.85. The fraction of sp³-hybridized carbons (Fsp3) is 0.905. The molecule has 0 aliphatic carbocycles. The Morgan fingerprint density at radius 1 is 1.00 bits per heavy atom. The van der Waals surface area contributed by atoms with Crippen molar-refractivity contribution in [2.45, 2.75) is 58.0 Å². The summed E-state index contributed by atoms with van der Waals surface area (Å²) in [6.45, 7) is 8.97. The number of nitrogens with zero attached hydrogens (tertiary/aromatic N) is 4. The Morgan fingerprint density at radius 2 is 1.64 bits per heavy atom. The first kappa shape index (κ1) is 22.9. The van der Waals surface area contributed by atoms with Crippen molar-refractivity contribution in [3.63, 3.8) is 0 Å². The molecule has 0 aromatic heterocycles. The van der Waals surface area contributed by atoms with Crippen LogP contribution in [0.3, 0.4) is 0 Å². The quantitative estimate of drug-likeness (QED) is 0.631. The van der Waals surface area contributed by atoms with Crippen LogP contribution in [0.1, 0.15) is 46.0 Å². The summed E-state index contributed by atoms with van der Waals surface area (Å²) in [5.74, 6) is 0.383. The van der Waals surface area contributed by atoms with Crippen LogP contribution < -0.4 is 0 Å². The standard InChI is InChI=1S/C21H40N4O3/c1-6-17(7-2)20(26)23(5)12-13-25(18-9-14-28-15-10-18)19-8-11-24(16-19)21(27)22(3)4/h17-19H,6-16H2,1-5H3. The molecule has 3 amide bonds. The summed E-state index contributed by atoms with van der Waals surface area (Å²) < 4.78 is 5.57.